The van der Waals surface area contributed by atoms with E-state index in [1.54, 1.807) is 11.9 Å². The molecule has 3 aliphatic rings. The van der Waals surface area contributed by atoms with Crippen molar-refractivity contribution in [3.05, 3.63) is 89.9 Å². The molecule has 9 heteroatoms. The average Bonchev–Trinajstić information content (AvgIpc) is 3.62. The Morgan fingerprint density at radius 3 is 2.66 bits per heavy atom. The van der Waals surface area contributed by atoms with E-state index in [0.717, 1.165) is 36.1 Å². The van der Waals surface area contributed by atoms with Gasteiger partial charge in [-0.3, -0.25) is 19.6 Å². The molecule has 1 fully saturated rings. The van der Waals surface area contributed by atoms with Gasteiger partial charge in [0, 0.05) is 30.6 Å². The first-order valence-electron chi connectivity index (χ1n) is 12.9. The van der Waals surface area contributed by atoms with Gasteiger partial charge in [-0.25, -0.2) is 14.1 Å². The number of para-hydroxylation sites is 1. The van der Waals surface area contributed by atoms with Crippen LogP contribution in [0, 0.1) is 5.82 Å². The fraction of sp³-hybridized carbons (Fsp3) is 0.241. The molecule has 1 N–H and O–H groups in total. The quantitative estimate of drug-likeness (QED) is 0.409. The zero-order valence-corrected chi connectivity index (χ0v) is 20.9. The Labute approximate surface area is 219 Å². The van der Waals surface area contributed by atoms with Gasteiger partial charge in [0.15, 0.2) is 5.82 Å². The van der Waals surface area contributed by atoms with Crippen LogP contribution >= 0.6 is 0 Å². The smallest absolute Gasteiger partial charge is 0.267 e. The molecule has 4 heterocycles. The van der Waals surface area contributed by atoms with Crippen LogP contribution in [0.1, 0.15) is 35.2 Å². The maximum atomic E-state index is 13.7. The van der Waals surface area contributed by atoms with Gasteiger partial charge < -0.3 is 5.32 Å². The van der Waals surface area contributed by atoms with Crippen molar-refractivity contribution in [3.8, 4) is 11.3 Å². The average molecular weight is 508 g/mol. The molecule has 190 valence electrons. The lowest BCUT2D eigenvalue weighted by Gasteiger charge is -2.34. The molecule has 1 saturated carbocycles. The summed E-state index contributed by atoms with van der Waals surface area (Å²) in [5.74, 6) is 1.58. The van der Waals surface area contributed by atoms with Gasteiger partial charge in [-0.05, 0) is 43.0 Å². The van der Waals surface area contributed by atoms with Gasteiger partial charge in [0.05, 0.1) is 24.3 Å². The van der Waals surface area contributed by atoms with Crippen LogP contribution in [0.5, 0.6) is 0 Å². The number of amides is 1. The van der Waals surface area contributed by atoms with E-state index in [4.69, 9.17) is 10.1 Å². The maximum Gasteiger partial charge on any atom is 0.267 e. The lowest BCUT2D eigenvalue weighted by atomic mass is 10.1. The van der Waals surface area contributed by atoms with Crippen LogP contribution < -0.4 is 10.2 Å². The molecule has 4 aromatic rings. The van der Waals surface area contributed by atoms with Gasteiger partial charge in [0.1, 0.15) is 17.2 Å². The number of guanidine groups is 1. The van der Waals surface area contributed by atoms with Crippen LogP contribution in [0.15, 0.2) is 77.9 Å². The van der Waals surface area contributed by atoms with Crippen LogP contribution in [0.4, 0.5) is 21.7 Å². The van der Waals surface area contributed by atoms with Crippen LogP contribution in [0.3, 0.4) is 0 Å². The molecule has 2 aromatic heterocycles. The minimum absolute atomic E-state index is 0.118. The lowest BCUT2D eigenvalue weighted by molar-refractivity contribution is 0.0866. The van der Waals surface area contributed by atoms with Crippen molar-refractivity contribution in [2.75, 3.05) is 17.3 Å². The van der Waals surface area contributed by atoms with Gasteiger partial charge >= 0.3 is 0 Å². The molecule has 0 radical (unpaired) electrons. The van der Waals surface area contributed by atoms with Crippen molar-refractivity contribution in [1.29, 1.82) is 0 Å². The number of aliphatic imine (C=N–C) groups is 1. The topological polar surface area (TPSA) is 78.7 Å². The zero-order chi connectivity index (χ0) is 25.8. The van der Waals surface area contributed by atoms with Gasteiger partial charge in [-0.15, -0.1) is 0 Å². The Morgan fingerprint density at radius 2 is 1.87 bits per heavy atom. The minimum Gasteiger partial charge on any atom is -0.340 e. The van der Waals surface area contributed by atoms with Gasteiger partial charge in [-0.1, -0.05) is 42.5 Å². The molecule has 1 aliphatic carbocycles. The van der Waals surface area contributed by atoms with Gasteiger partial charge in [-0.2, -0.15) is 5.10 Å². The summed E-state index contributed by atoms with van der Waals surface area (Å²) in [6.07, 6.45) is 4.65. The third-order valence-corrected chi connectivity index (χ3v) is 7.59. The van der Waals surface area contributed by atoms with E-state index < -0.39 is 0 Å². The summed E-state index contributed by atoms with van der Waals surface area (Å²) in [6, 6.07) is 20.8. The summed E-state index contributed by atoms with van der Waals surface area (Å²) in [7, 11) is 1.79. The number of hydrogen-bond acceptors (Lipinski definition) is 6. The number of nitrogens with one attached hydrogen (secondary N) is 1. The highest BCUT2D eigenvalue weighted by atomic mass is 19.1. The number of aromatic nitrogens is 3. The Hall–Kier alpha value is -4.53. The molecule has 0 unspecified atom stereocenters. The predicted molar refractivity (Wildman–Crippen MR) is 144 cm³/mol. The Bertz CT molecular complexity index is 1560. The Kier molecular flexibility index (Phi) is 5.24. The van der Waals surface area contributed by atoms with E-state index in [2.05, 4.69) is 15.2 Å². The minimum atomic E-state index is -0.318. The second-order valence-electron chi connectivity index (χ2n) is 9.98. The molecule has 1 amide bonds. The van der Waals surface area contributed by atoms with Crippen molar-refractivity contribution < 1.29 is 9.18 Å². The normalized spacial score (nSPS) is 19.7. The molecular weight excluding hydrogens is 481 g/mol. The molecule has 38 heavy (non-hydrogen) atoms. The molecule has 0 bridgehead atoms. The highest BCUT2D eigenvalue weighted by Gasteiger charge is 2.49. The first kappa shape index (κ1) is 22.7. The first-order chi connectivity index (χ1) is 18.6. The van der Waals surface area contributed by atoms with Crippen LogP contribution in [0.2, 0.25) is 0 Å². The molecule has 7 rings (SSSR count). The molecule has 2 aromatic carbocycles. The second-order valence-corrected chi connectivity index (χ2v) is 9.98. The highest BCUT2D eigenvalue weighted by Crippen LogP contribution is 2.43. The summed E-state index contributed by atoms with van der Waals surface area (Å²) in [5.41, 5.74) is 3.84. The SMILES string of the molecule is CN1C(=O)c2c(nn(Cc3ccc(-c4cc(F)ccn4)cc3)c2Nc2ccccc2)N2C1=N[C@@H]1CCC[C@@H]12. The van der Waals surface area contributed by atoms with E-state index in [1.165, 1.54) is 18.3 Å². The zero-order valence-electron chi connectivity index (χ0n) is 20.9. The van der Waals surface area contributed by atoms with E-state index in [-0.39, 0.29) is 23.8 Å². The van der Waals surface area contributed by atoms with E-state index in [9.17, 15) is 9.18 Å². The summed E-state index contributed by atoms with van der Waals surface area (Å²) < 4.78 is 15.6. The number of rotatable bonds is 5. The molecule has 2 atom stereocenters. The van der Waals surface area contributed by atoms with E-state index in [0.29, 0.717) is 35.4 Å². The standard InChI is InChI=1S/C29H26FN7O/c1-35-28(38)25-26(32-21-6-3-2-4-7-21)36(34-27(25)37-24-9-5-8-22(24)33-29(35)37)17-18-10-12-19(13-11-18)23-16-20(30)14-15-31-23/h2-4,6-7,10-16,22,24,32H,5,8-9,17H2,1H3/t22-,24+/m1/s1. The number of nitrogens with zero attached hydrogens (tertiary/aromatic N) is 6. The number of fused-ring (bicyclic) bond motifs is 5. The largest absolute Gasteiger partial charge is 0.340 e. The fourth-order valence-corrected chi connectivity index (χ4v) is 5.72. The predicted octanol–water partition coefficient (Wildman–Crippen LogP) is 5.06. The highest BCUT2D eigenvalue weighted by molar-refractivity contribution is 6.21. The fourth-order valence-electron chi connectivity index (χ4n) is 5.72. The van der Waals surface area contributed by atoms with Crippen molar-refractivity contribution >= 4 is 29.2 Å². The molecule has 2 aliphatic heterocycles. The maximum absolute atomic E-state index is 13.7. The number of carbonyl (C=O) groups excluding carboxylic acids is 1. The summed E-state index contributed by atoms with van der Waals surface area (Å²) >= 11 is 0. The Morgan fingerprint density at radius 1 is 1.05 bits per heavy atom. The summed E-state index contributed by atoms with van der Waals surface area (Å²) in [6.45, 7) is 0.449. The lowest BCUT2D eigenvalue weighted by Crippen LogP contribution is -2.51. The Balaban J connectivity index is 1.29. The summed E-state index contributed by atoms with van der Waals surface area (Å²) in [4.78, 5) is 26.7. The third-order valence-electron chi connectivity index (χ3n) is 7.59. The number of carbonyl (C=O) groups is 1. The number of pyridine rings is 1. The number of benzene rings is 2. The summed E-state index contributed by atoms with van der Waals surface area (Å²) in [5, 5.41) is 8.48. The van der Waals surface area contributed by atoms with Gasteiger partial charge in [0.2, 0.25) is 5.96 Å². The third kappa shape index (κ3) is 3.65. The van der Waals surface area contributed by atoms with Crippen molar-refractivity contribution in [2.24, 2.45) is 4.99 Å². The monoisotopic (exact) mass is 507 g/mol. The van der Waals surface area contributed by atoms with E-state index >= 15 is 0 Å². The second kappa shape index (κ2) is 8.79. The van der Waals surface area contributed by atoms with Crippen LogP contribution in [0.25, 0.3) is 11.3 Å². The molecular formula is C29H26FN7O. The first-order valence-corrected chi connectivity index (χ1v) is 12.9. The number of halogens is 1. The number of hydrogen-bond donors (Lipinski definition) is 1. The van der Waals surface area contributed by atoms with Crippen LogP contribution in [-0.4, -0.2) is 50.7 Å². The molecule has 0 spiro atoms. The van der Waals surface area contributed by atoms with Crippen molar-refractivity contribution in [3.63, 3.8) is 0 Å². The van der Waals surface area contributed by atoms with Gasteiger partial charge in [0.25, 0.3) is 5.91 Å². The van der Waals surface area contributed by atoms with Crippen molar-refractivity contribution in [1.82, 2.24) is 19.7 Å². The van der Waals surface area contributed by atoms with Crippen LogP contribution in [-0.2, 0) is 6.54 Å². The van der Waals surface area contributed by atoms with Crippen molar-refractivity contribution in [2.45, 2.75) is 37.9 Å². The number of anilines is 3. The molecule has 8 nitrogen and oxygen atoms in total. The van der Waals surface area contributed by atoms with E-state index in [1.807, 2.05) is 59.3 Å². The molecule has 0 saturated heterocycles.